The van der Waals surface area contributed by atoms with Crippen molar-refractivity contribution in [1.29, 1.82) is 0 Å². The first-order valence-electron chi connectivity index (χ1n) is 10.3. The van der Waals surface area contributed by atoms with Crippen LogP contribution in [0.1, 0.15) is 24.3 Å². The molecule has 0 aliphatic carbocycles. The van der Waals surface area contributed by atoms with Crippen molar-refractivity contribution < 1.29 is 18.9 Å². The fourth-order valence-electron chi connectivity index (χ4n) is 4.14. The second kappa shape index (κ2) is 8.26. The molecule has 4 atom stereocenters. The molecule has 1 aromatic heterocycles. The van der Waals surface area contributed by atoms with Gasteiger partial charge in [-0.05, 0) is 18.1 Å². The molecule has 5 rings (SSSR count). The highest BCUT2D eigenvalue weighted by molar-refractivity contribution is 5.17. The fraction of sp³-hybridized carbons (Fsp3) is 0.333. The first-order chi connectivity index (χ1) is 15.1. The van der Waals surface area contributed by atoms with Gasteiger partial charge in [0.2, 0.25) is 0 Å². The van der Waals surface area contributed by atoms with Gasteiger partial charge in [-0.2, -0.15) is 4.98 Å². The Bertz CT molecular complexity index is 1090. The Kier molecular flexibility index (Phi) is 5.31. The molecule has 3 heterocycles. The van der Waals surface area contributed by atoms with Crippen molar-refractivity contribution >= 4 is 0 Å². The van der Waals surface area contributed by atoms with E-state index in [4.69, 9.17) is 18.9 Å². The van der Waals surface area contributed by atoms with E-state index in [0.717, 1.165) is 11.1 Å². The number of rotatable bonds is 7. The topological polar surface area (TPSA) is 71.8 Å². The van der Waals surface area contributed by atoms with Crippen LogP contribution in [-0.4, -0.2) is 34.0 Å². The van der Waals surface area contributed by atoms with E-state index in [-0.39, 0.29) is 11.6 Å². The third-order valence-corrected chi connectivity index (χ3v) is 5.66. The van der Waals surface area contributed by atoms with Gasteiger partial charge in [0.05, 0.1) is 19.8 Å². The van der Waals surface area contributed by atoms with Crippen LogP contribution in [0.3, 0.4) is 0 Å². The summed E-state index contributed by atoms with van der Waals surface area (Å²) in [5, 5.41) is 0. The highest BCUT2D eigenvalue weighted by Crippen LogP contribution is 2.45. The smallest absolute Gasteiger partial charge is 0.302 e. The number of ether oxygens (including phenoxy) is 4. The molecule has 2 aliphatic rings. The fourth-order valence-corrected chi connectivity index (χ4v) is 4.14. The zero-order chi connectivity index (χ0) is 21.3. The molecule has 2 aromatic carbocycles. The molecule has 7 heteroatoms. The monoisotopic (exact) mass is 420 g/mol. The minimum atomic E-state index is -0.736. The summed E-state index contributed by atoms with van der Waals surface area (Å²) < 4.78 is 26.5. The van der Waals surface area contributed by atoms with Crippen molar-refractivity contribution in [3.8, 4) is 6.01 Å². The molecule has 2 aliphatic heterocycles. The van der Waals surface area contributed by atoms with E-state index >= 15 is 0 Å². The van der Waals surface area contributed by atoms with Gasteiger partial charge < -0.3 is 18.9 Å². The zero-order valence-corrected chi connectivity index (χ0v) is 17.2. The van der Waals surface area contributed by atoms with Crippen LogP contribution in [0.2, 0.25) is 0 Å². The lowest BCUT2D eigenvalue weighted by Gasteiger charge is -2.31. The van der Waals surface area contributed by atoms with Crippen molar-refractivity contribution in [2.45, 2.75) is 44.2 Å². The lowest BCUT2D eigenvalue weighted by atomic mass is 9.98. The molecule has 7 nitrogen and oxygen atoms in total. The van der Waals surface area contributed by atoms with Gasteiger partial charge in [0.15, 0.2) is 12.3 Å². The Morgan fingerprint density at radius 3 is 2.39 bits per heavy atom. The van der Waals surface area contributed by atoms with E-state index < -0.39 is 24.0 Å². The van der Waals surface area contributed by atoms with Gasteiger partial charge in [0.25, 0.3) is 5.56 Å². The van der Waals surface area contributed by atoms with Gasteiger partial charge in [-0.25, -0.2) is 0 Å². The van der Waals surface area contributed by atoms with Gasteiger partial charge in [0.1, 0.15) is 11.7 Å². The molecule has 0 spiro atoms. The number of nitrogens with zero attached hydrogens (tertiary/aromatic N) is 2. The first-order valence-corrected chi connectivity index (χ1v) is 10.3. The van der Waals surface area contributed by atoms with Crippen LogP contribution in [0, 0.1) is 0 Å². The standard InChI is InChI=1S/C24H24N2O5/c1-24(16-28-14-17-8-4-2-5-9-17)21(29-15-18-10-6-3-7-11-18)20-22(31-24)26-13-12-19(27)25-23(26)30-20/h2-13,20-22H,14-16H2,1H3/t20-,21-,22+,24-/m0/s1. The van der Waals surface area contributed by atoms with Crippen LogP contribution < -0.4 is 10.3 Å². The second-order valence-electron chi connectivity index (χ2n) is 8.05. The lowest BCUT2D eigenvalue weighted by Crippen LogP contribution is -2.47. The van der Waals surface area contributed by atoms with Crippen LogP contribution in [0.4, 0.5) is 0 Å². The molecule has 0 bridgehead atoms. The molecular formula is C24H24N2O5. The third-order valence-electron chi connectivity index (χ3n) is 5.66. The van der Waals surface area contributed by atoms with Crippen LogP contribution in [0.25, 0.3) is 0 Å². The molecule has 31 heavy (non-hydrogen) atoms. The molecule has 0 unspecified atom stereocenters. The summed E-state index contributed by atoms with van der Waals surface area (Å²) >= 11 is 0. The van der Waals surface area contributed by atoms with Crippen molar-refractivity contribution in [3.63, 3.8) is 0 Å². The van der Waals surface area contributed by atoms with Crippen LogP contribution in [0.15, 0.2) is 77.7 Å². The maximum Gasteiger partial charge on any atom is 0.302 e. The quantitative estimate of drug-likeness (QED) is 0.585. The number of aromatic nitrogens is 2. The summed E-state index contributed by atoms with van der Waals surface area (Å²) in [6.45, 7) is 3.20. The molecule has 0 amide bonds. The second-order valence-corrected chi connectivity index (χ2v) is 8.05. The predicted octanol–water partition coefficient (Wildman–Crippen LogP) is 3.09. The Labute approximate surface area is 180 Å². The van der Waals surface area contributed by atoms with E-state index in [1.54, 1.807) is 10.8 Å². The average molecular weight is 420 g/mol. The molecular weight excluding hydrogens is 396 g/mol. The number of benzene rings is 2. The molecule has 1 fully saturated rings. The summed E-state index contributed by atoms with van der Waals surface area (Å²) in [7, 11) is 0. The van der Waals surface area contributed by atoms with Crippen LogP contribution in [-0.2, 0) is 27.4 Å². The minimum absolute atomic E-state index is 0.253. The third kappa shape index (κ3) is 3.99. The van der Waals surface area contributed by atoms with Gasteiger partial charge in [-0.15, -0.1) is 0 Å². The molecule has 0 saturated carbocycles. The Morgan fingerprint density at radius 1 is 1.00 bits per heavy atom. The molecule has 1 saturated heterocycles. The maximum absolute atomic E-state index is 11.6. The van der Waals surface area contributed by atoms with E-state index in [9.17, 15) is 4.79 Å². The molecule has 160 valence electrons. The molecule has 3 aromatic rings. The lowest BCUT2D eigenvalue weighted by molar-refractivity contribution is -0.148. The van der Waals surface area contributed by atoms with Crippen molar-refractivity contribution in [2.24, 2.45) is 0 Å². The van der Waals surface area contributed by atoms with Gasteiger partial charge in [-0.3, -0.25) is 9.36 Å². The minimum Gasteiger partial charge on any atom is -0.453 e. The van der Waals surface area contributed by atoms with Crippen molar-refractivity contribution in [1.82, 2.24) is 9.55 Å². The summed E-state index contributed by atoms with van der Waals surface area (Å²) in [6, 6.07) is 21.6. The van der Waals surface area contributed by atoms with Gasteiger partial charge in [-0.1, -0.05) is 60.7 Å². The first kappa shape index (κ1) is 19.9. The largest absolute Gasteiger partial charge is 0.453 e. The Hall–Kier alpha value is -3.00. The SMILES string of the molecule is C[C@@]1(COCc2ccccc2)O[C@@H]2[C@@H](Oc3nc(=O)ccn32)[C@@H]1OCc1ccccc1. The maximum atomic E-state index is 11.6. The number of hydrogen-bond acceptors (Lipinski definition) is 6. The van der Waals surface area contributed by atoms with Crippen LogP contribution >= 0.6 is 0 Å². The Morgan fingerprint density at radius 2 is 1.68 bits per heavy atom. The highest BCUT2D eigenvalue weighted by Gasteiger charge is 2.58. The highest BCUT2D eigenvalue weighted by atomic mass is 16.7. The summed E-state index contributed by atoms with van der Waals surface area (Å²) in [5.41, 5.74) is 1.07. The molecule has 0 radical (unpaired) electrons. The van der Waals surface area contributed by atoms with E-state index in [1.807, 2.05) is 67.6 Å². The van der Waals surface area contributed by atoms with Crippen LogP contribution in [0.5, 0.6) is 6.01 Å². The predicted molar refractivity (Wildman–Crippen MR) is 113 cm³/mol. The average Bonchev–Trinajstić information content (AvgIpc) is 3.25. The normalized spacial score (nSPS) is 26.3. The van der Waals surface area contributed by atoms with Gasteiger partial charge >= 0.3 is 6.01 Å². The summed E-state index contributed by atoms with van der Waals surface area (Å²) in [6.07, 6.45) is 0.378. The number of fused-ring (bicyclic) bond motifs is 3. The van der Waals surface area contributed by atoms with E-state index in [0.29, 0.717) is 19.8 Å². The van der Waals surface area contributed by atoms with Crippen molar-refractivity contribution in [3.05, 3.63) is 94.4 Å². The van der Waals surface area contributed by atoms with E-state index in [2.05, 4.69) is 4.98 Å². The summed E-state index contributed by atoms with van der Waals surface area (Å²) in [5.74, 6) is 0. The molecule has 0 N–H and O–H groups in total. The van der Waals surface area contributed by atoms with Gasteiger partial charge in [0, 0.05) is 12.3 Å². The number of hydrogen-bond donors (Lipinski definition) is 0. The summed E-state index contributed by atoms with van der Waals surface area (Å²) in [4.78, 5) is 15.6. The zero-order valence-electron chi connectivity index (χ0n) is 17.2. The Balaban J connectivity index is 1.35. The van der Waals surface area contributed by atoms with E-state index in [1.165, 1.54) is 6.07 Å². The van der Waals surface area contributed by atoms with Crippen molar-refractivity contribution in [2.75, 3.05) is 6.61 Å².